The van der Waals surface area contributed by atoms with Gasteiger partial charge in [-0.25, -0.2) is 9.97 Å². The van der Waals surface area contributed by atoms with Crippen LogP contribution >= 0.6 is 11.6 Å². The van der Waals surface area contributed by atoms with Crippen molar-refractivity contribution < 1.29 is 9.47 Å². The Kier molecular flexibility index (Phi) is 5.98. The lowest BCUT2D eigenvalue weighted by molar-refractivity contribution is 0.122. The summed E-state index contributed by atoms with van der Waals surface area (Å²) in [6.45, 7) is 3.10. The number of nitrogens with one attached hydrogen (secondary N) is 1. The van der Waals surface area contributed by atoms with E-state index in [1.807, 2.05) is 59.4 Å². The monoisotopic (exact) mass is 488 g/mol. The highest BCUT2D eigenvalue weighted by molar-refractivity contribution is 6.30. The van der Waals surface area contributed by atoms with E-state index in [1.165, 1.54) is 0 Å². The first-order chi connectivity index (χ1) is 17.2. The van der Waals surface area contributed by atoms with Crippen molar-refractivity contribution in [3.63, 3.8) is 0 Å². The molecule has 0 bridgehead atoms. The lowest BCUT2D eigenvalue weighted by Crippen LogP contribution is -2.36. The molecule has 0 radical (unpaired) electrons. The molecule has 3 aromatic heterocycles. The van der Waals surface area contributed by atoms with E-state index in [1.54, 1.807) is 12.4 Å². The van der Waals surface area contributed by atoms with Crippen molar-refractivity contribution in [3.05, 3.63) is 72.1 Å². The minimum atomic E-state index is 0.437. The summed E-state index contributed by atoms with van der Waals surface area (Å²) < 4.78 is 13.8. The van der Waals surface area contributed by atoms with E-state index in [4.69, 9.17) is 26.2 Å². The molecule has 1 aliphatic carbocycles. The number of halogens is 1. The summed E-state index contributed by atoms with van der Waals surface area (Å²) in [4.78, 5) is 11.2. The molecular weight excluding hydrogens is 464 g/mol. The molecule has 6 rings (SSSR count). The SMILES string of the molecule is Clc1cccc(-c2nn(C3CC3)cc2Oc2ccnc(Nc3ccnc(N4CCOCC4)c3)c2)c1. The van der Waals surface area contributed by atoms with Gasteiger partial charge in [-0.3, -0.25) is 4.68 Å². The Morgan fingerprint density at radius 3 is 2.69 bits per heavy atom. The first-order valence-corrected chi connectivity index (χ1v) is 12.1. The number of aromatic nitrogens is 4. The van der Waals surface area contributed by atoms with Crippen molar-refractivity contribution in [1.82, 2.24) is 19.7 Å². The summed E-state index contributed by atoms with van der Waals surface area (Å²) >= 11 is 6.24. The van der Waals surface area contributed by atoms with Crippen LogP contribution < -0.4 is 15.0 Å². The molecule has 0 unspecified atom stereocenters. The number of nitrogens with zero attached hydrogens (tertiary/aromatic N) is 5. The first kappa shape index (κ1) is 21.9. The number of morpholine rings is 1. The molecule has 1 aliphatic heterocycles. The molecule has 0 atom stereocenters. The molecule has 0 spiro atoms. The van der Waals surface area contributed by atoms with Gasteiger partial charge in [0.2, 0.25) is 0 Å². The Morgan fingerprint density at radius 2 is 1.86 bits per heavy atom. The molecule has 1 saturated carbocycles. The van der Waals surface area contributed by atoms with E-state index >= 15 is 0 Å². The van der Waals surface area contributed by atoms with Gasteiger partial charge in [-0.15, -0.1) is 0 Å². The molecule has 2 aliphatic rings. The van der Waals surface area contributed by atoms with Gasteiger partial charge >= 0.3 is 0 Å². The molecule has 4 heterocycles. The van der Waals surface area contributed by atoms with E-state index in [-0.39, 0.29) is 0 Å². The van der Waals surface area contributed by atoms with E-state index in [0.717, 1.165) is 61.9 Å². The van der Waals surface area contributed by atoms with Crippen LogP contribution in [-0.4, -0.2) is 46.1 Å². The quantitative estimate of drug-likeness (QED) is 0.357. The van der Waals surface area contributed by atoms with Gasteiger partial charge in [0.1, 0.15) is 23.1 Å². The molecule has 2 fully saturated rings. The van der Waals surface area contributed by atoms with Crippen LogP contribution in [0, 0.1) is 0 Å². The molecule has 8 nitrogen and oxygen atoms in total. The number of pyridine rings is 2. The van der Waals surface area contributed by atoms with Gasteiger partial charge in [-0.05, 0) is 37.1 Å². The lowest BCUT2D eigenvalue weighted by atomic mass is 10.1. The number of benzene rings is 1. The number of hydrogen-bond donors (Lipinski definition) is 1. The third-order valence-corrected chi connectivity index (χ3v) is 6.26. The van der Waals surface area contributed by atoms with Crippen molar-refractivity contribution >= 4 is 28.9 Å². The Balaban J connectivity index is 1.23. The fraction of sp³-hybridized carbons (Fsp3) is 0.269. The van der Waals surface area contributed by atoms with E-state index < -0.39 is 0 Å². The molecule has 1 aromatic carbocycles. The number of hydrogen-bond acceptors (Lipinski definition) is 7. The van der Waals surface area contributed by atoms with Gasteiger partial charge in [-0.1, -0.05) is 23.7 Å². The van der Waals surface area contributed by atoms with Crippen LogP contribution in [0.25, 0.3) is 11.3 Å². The second-order valence-electron chi connectivity index (χ2n) is 8.67. The van der Waals surface area contributed by atoms with Crippen molar-refractivity contribution in [1.29, 1.82) is 0 Å². The minimum Gasteiger partial charge on any atom is -0.453 e. The standard InChI is InChI=1S/C26H25ClN6O2/c27-19-3-1-2-18(14-19)26-23(17-33(31-26)21-4-5-21)35-22-7-9-28-24(16-22)30-20-6-8-29-25(15-20)32-10-12-34-13-11-32/h1-3,6-9,14-17,21H,4-5,10-13H2,(H,28,29,30). The molecule has 1 N–H and O–H groups in total. The summed E-state index contributed by atoms with van der Waals surface area (Å²) in [6, 6.07) is 15.8. The van der Waals surface area contributed by atoms with Crippen molar-refractivity contribution in [2.24, 2.45) is 0 Å². The van der Waals surface area contributed by atoms with Crippen LogP contribution in [-0.2, 0) is 4.74 Å². The van der Waals surface area contributed by atoms with E-state index in [2.05, 4.69) is 20.2 Å². The third kappa shape index (κ3) is 5.08. The van der Waals surface area contributed by atoms with Crippen LogP contribution in [0.3, 0.4) is 0 Å². The van der Waals surface area contributed by atoms with Gasteiger partial charge in [0, 0.05) is 53.9 Å². The number of anilines is 3. The van der Waals surface area contributed by atoms with Gasteiger partial charge in [0.15, 0.2) is 5.75 Å². The Bertz CT molecular complexity index is 1330. The van der Waals surface area contributed by atoms with Gasteiger partial charge in [0.25, 0.3) is 0 Å². The van der Waals surface area contributed by atoms with Gasteiger partial charge < -0.3 is 19.7 Å². The minimum absolute atomic E-state index is 0.437. The Morgan fingerprint density at radius 1 is 1.00 bits per heavy atom. The van der Waals surface area contributed by atoms with Crippen LogP contribution in [0.1, 0.15) is 18.9 Å². The maximum atomic E-state index is 6.32. The third-order valence-electron chi connectivity index (χ3n) is 6.03. The largest absolute Gasteiger partial charge is 0.453 e. The van der Waals surface area contributed by atoms with E-state index in [0.29, 0.717) is 28.4 Å². The number of ether oxygens (including phenoxy) is 2. The summed E-state index contributed by atoms with van der Waals surface area (Å²) in [5, 5.41) is 8.84. The highest BCUT2D eigenvalue weighted by Gasteiger charge is 2.27. The Hall–Kier alpha value is -3.62. The molecule has 178 valence electrons. The highest BCUT2D eigenvalue weighted by atomic mass is 35.5. The average Bonchev–Trinajstić information content (AvgIpc) is 3.65. The van der Waals surface area contributed by atoms with Crippen molar-refractivity contribution in [2.75, 3.05) is 36.5 Å². The summed E-state index contributed by atoms with van der Waals surface area (Å²) in [5.41, 5.74) is 2.61. The smallest absolute Gasteiger partial charge is 0.173 e. The van der Waals surface area contributed by atoms with Crippen molar-refractivity contribution in [2.45, 2.75) is 18.9 Å². The topological polar surface area (TPSA) is 77.3 Å². The number of rotatable bonds is 7. The van der Waals surface area contributed by atoms with Gasteiger partial charge in [0.05, 0.1) is 25.5 Å². The van der Waals surface area contributed by atoms with Gasteiger partial charge in [-0.2, -0.15) is 5.10 Å². The Labute approximate surface area is 208 Å². The zero-order valence-corrected chi connectivity index (χ0v) is 19.9. The predicted molar refractivity (Wildman–Crippen MR) is 136 cm³/mol. The second kappa shape index (κ2) is 9.56. The maximum Gasteiger partial charge on any atom is 0.173 e. The zero-order chi connectivity index (χ0) is 23.6. The average molecular weight is 489 g/mol. The van der Waals surface area contributed by atoms with Crippen LogP contribution in [0.15, 0.2) is 67.1 Å². The van der Waals surface area contributed by atoms with Crippen molar-refractivity contribution in [3.8, 4) is 22.8 Å². The molecule has 35 heavy (non-hydrogen) atoms. The fourth-order valence-electron chi connectivity index (χ4n) is 4.09. The predicted octanol–water partition coefficient (Wildman–Crippen LogP) is 5.70. The van der Waals surface area contributed by atoms with E-state index in [9.17, 15) is 0 Å². The molecule has 9 heteroatoms. The summed E-state index contributed by atoms with van der Waals surface area (Å²) in [5.74, 6) is 2.96. The second-order valence-corrected chi connectivity index (χ2v) is 9.11. The molecule has 1 saturated heterocycles. The molecule has 4 aromatic rings. The first-order valence-electron chi connectivity index (χ1n) is 11.8. The highest BCUT2D eigenvalue weighted by Crippen LogP contribution is 2.40. The zero-order valence-electron chi connectivity index (χ0n) is 19.1. The van der Waals surface area contributed by atoms with Crippen LogP contribution in [0.5, 0.6) is 11.5 Å². The summed E-state index contributed by atoms with van der Waals surface area (Å²) in [7, 11) is 0. The summed E-state index contributed by atoms with van der Waals surface area (Å²) in [6.07, 6.45) is 7.78. The van der Waals surface area contributed by atoms with Crippen LogP contribution in [0.2, 0.25) is 5.02 Å². The molecular formula is C26H25ClN6O2. The normalized spacial score (nSPS) is 15.7. The molecule has 0 amide bonds. The van der Waals surface area contributed by atoms with Crippen LogP contribution in [0.4, 0.5) is 17.3 Å². The lowest BCUT2D eigenvalue weighted by Gasteiger charge is -2.28. The fourth-order valence-corrected chi connectivity index (χ4v) is 4.28. The maximum absolute atomic E-state index is 6.32.